The average molecular weight is 231 g/mol. The van der Waals surface area contributed by atoms with Crippen LogP contribution < -0.4 is 0 Å². The fourth-order valence-electron chi connectivity index (χ4n) is 1.54. The molecule has 1 aliphatic rings. The van der Waals surface area contributed by atoms with Crippen molar-refractivity contribution in [2.75, 3.05) is 0 Å². The van der Waals surface area contributed by atoms with Crippen LogP contribution in [0.4, 0.5) is 0 Å². The molecule has 0 unspecified atom stereocenters. The Balaban J connectivity index is 3.08. The van der Waals surface area contributed by atoms with Gasteiger partial charge in [-0.05, 0) is 6.42 Å². The summed E-state index contributed by atoms with van der Waals surface area (Å²) in [5.74, 6) is -0.778. The van der Waals surface area contributed by atoms with Gasteiger partial charge >= 0.3 is 11.6 Å². The lowest BCUT2D eigenvalue weighted by Crippen LogP contribution is -2.50. The van der Waals surface area contributed by atoms with Crippen molar-refractivity contribution in [1.82, 2.24) is 0 Å². The zero-order valence-electron chi connectivity index (χ0n) is 8.41. The lowest BCUT2D eigenvalue weighted by molar-refractivity contribution is -0.771. The Hall–Kier alpha value is -2.06. The first-order valence-electron chi connectivity index (χ1n) is 4.45. The Bertz CT molecular complexity index is 362. The summed E-state index contributed by atoms with van der Waals surface area (Å²) in [5, 5.41) is 24.7. The Morgan fingerprint density at radius 1 is 1.44 bits per heavy atom. The van der Waals surface area contributed by atoms with E-state index in [1.165, 1.54) is 0 Å². The van der Waals surface area contributed by atoms with Crippen LogP contribution >= 0.6 is 0 Å². The normalized spacial score (nSPS) is 20.7. The minimum Gasteiger partial charge on any atom is -0.318 e. The highest BCUT2D eigenvalue weighted by Gasteiger charge is 2.64. The monoisotopic (exact) mass is 231 g/mol. The van der Waals surface area contributed by atoms with Gasteiger partial charge in [-0.1, -0.05) is 5.16 Å². The smallest absolute Gasteiger partial charge is 0.318 e. The molecule has 0 aromatic heterocycles. The third-order valence-corrected chi connectivity index (χ3v) is 2.29. The van der Waals surface area contributed by atoms with Crippen LogP contribution in [0.2, 0.25) is 0 Å². The first-order chi connectivity index (χ1) is 7.41. The topological polar surface area (TPSA) is 125 Å². The predicted molar refractivity (Wildman–Crippen MR) is 49.8 cm³/mol. The minimum absolute atomic E-state index is 0.0786. The molecule has 9 heteroatoms. The summed E-state index contributed by atoms with van der Waals surface area (Å²) < 4.78 is 0. The van der Waals surface area contributed by atoms with Crippen molar-refractivity contribution in [3.05, 3.63) is 20.2 Å². The minimum atomic E-state index is -2.44. The average Bonchev–Trinajstić information content (AvgIpc) is 2.58. The van der Waals surface area contributed by atoms with E-state index >= 15 is 0 Å². The number of carbonyl (C=O) groups excluding carboxylic acids is 1. The van der Waals surface area contributed by atoms with Gasteiger partial charge < -0.3 is 4.84 Å². The Morgan fingerprint density at radius 2 is 2.00 bits per heavy atom. The van der Waals surface area contributed by atoms with Crippen molar-refractivity contribution in [3.63, 3.8) is 0 Å². The second kappa shape index (κ2) is 4.21. The van der Waals surface area contributed by atoms with Gasteiger partial charge in [0.1, 0.15) is 9.85 Å². The highest BCUT2D eigenvalue weighted by atomic mass is 16.7. The third kappa shape index (κ3) is 1.83. The van der Waals surface area contributed by atoms with Crippen molar-refractivity contribution in [3.8, 4) is 0 Å². The summed E-state index contributed by atoms with van der Waals surface area (Å²) in [5.41, 5.74) is -2.76. The summed E-state index contributed by atoms with van der Waals surface area (Å²) in [6.07, 6.45) is 0.102. The molecular formula is C7H9N3O6. The molecule has 1 saturated carbocycles. The molecule has 9 nitrogen and oxygen atoms in total. The Morgan fingerprint density at radius 3 is 2.44 bits per heavy atom. The fraction of sp³-hybridized carbons (Fsp3) is 0.714. The van der Waals surface area contributed by atoms with Gasteiger partial charge in [0.25, 0.3) is 0 Å². The molecular weight excluding hydrogens is 222 g/mol. The van der Waals surface area contributed by atoms with Crippen LogP contribution in [0.5, 0.6) is 0 Å². The fourth-order valence-corrected chi connectivity index (χ4v) is 1.54. The maximum absolute atomic E-state index is 10.8. The van der Waals surface area contributed by atoms with E-state index in [0.29, 0.717) is 0 Å². The highest BCUT2D eigenvalue weighted by molar-refractivity contribution is 5.92. The second-order valence-corrected chi connectivity index (χ2v) is 3.31. The van der Waals surface area contributed by atoms with Gasteiger partial charge in [-0.25, -0.2) is 4.79 Å². The van der Waals surface area contributed by atoms with E-state index in [1.54, 1.807) is 0 Å². The van der Waals surface area contributed by atoms with Gasteiger partial charge in [-0.2, -0.15) is 0 Å². The molecule has 88 valence electrons. The van der Waals surface area contributed by atoms with Crippen LogP contribution in [0.15, 0.2) is 5.16 Å². The van der Waals surface area contributed by atoms with Crippen LogP contribution in [0, 0.1) is 20.2 Å². The number of hydrogen-bond acceptors (Lipinski definition) is 7. The molecule has 16 heavy (non-hydrogen) atoms. The molecule has 0 heterocycles. The Kier molecular flexibility index (Phi) is 3.16. The maximum Gasteiger partial charge on any atom is 0.500 e. The molecule has 0 aliphatic heterocycles. The molecule has 0 atom stereocenters. The maximum atomic E-state index is 10.8. The van der Waals surface area contributed by atoms with Crippen LogP contribution in [0.3, 0.4) is 0 Å². The van der Waals surface area contributed by atoms with Gasteiger partial charge in [0.15, 0.2) is 0 Å². The molecule has 0 N–H and O–H groups in total. The standard InChI is InChI=1S/C7H9N3O6/c1-5(11)16-8-6-3-2-4-7(6,9(12)13)10(14)15/h2-4H2,1H3/b8-6+. The number of carbonyl (C=O) groups is 1. The lowest BCUT2D eigenvalue weighted by Gasteiger charge is -2.10. The number of rotatable bonds is 3. The highest BCUT2D eigenvalue weighted by Crippen LogP contribution is 2.31. The molecule has 0 saturated heterocycles. The number of hydrogen-bond donors (Lipinski definition) is 0. The van der Waals surface area contributed by atoms with Crippen molar-refractivity contribution >= 4 is 11.7 Å². The molecule has 0 radical (unpaired) electrons. The van der Waals surface area contributed by atoms with Crippen molar-refractivity contribution in [2.45, 2.75) is 31.8 Å². The Labute approximate surface area is 89.4 Å². The first-order valence-corrected chi connectivity index (χ1v) is 4.45. The van der Waals surface area contributed by atoms with Crippen molar-refractivity contribution < 1.29 is 19.5 Å². The van der Waals surface area contributed by atoms with Gasteiger partial charge in [0.2, 0.25) is 5.71 Å². The molecule has 1 fully saturated rings. The predicted octanol–water partition coefficient (Wildman–Crippen LogP) is 0.339. The zero-order valence-corrected chi connectivity index (χ0v) is 8.41. The SMILES string of the molecule is CC(=O)O/N=C1\CCCC1([N+](=O)[O-])[N+](=O)[O-]. The van der Waals surface area contributed by atoms with Gasteiger partial charge in [-0.3, -0.25) is 20.2 Å². The van der Waals surface area contributed by atoms with Crippen LogP contribution in [-0.4, -0.2) is 27.2 Å². The molecule has 0 spiro atoms. The van der Waals surface area contributed by atoms with Crippen LogP contribution in [0.1, 0.15) is 26.2 Å². The van der Waals surface area contributed by atoms with Crippen molar-refractivity contribution in [2.24, 2.45) is 5.16 Å². The summed E-state index contributed by atoms with van der Waals surface area (Å²) in [4.78, 5) is 34.2. The number of oxime groups is 1. The van der Waals surface area contributed by atoms with E-state index in [4.69, 9.17) is 0 Å². The number of nitro groups is 2. The lowest BCUT2D eigenvalue weighted by atomic mass is 10.1. The first kappa shape index (κ1) is 12.0. The third-order valence-electron chi connectivity index (χ3n) is 2.29. The zero-order chi connectivity index (χ0) is 12.3. The largest absolute Gasteiger partial charge is 0.500 e. The van der Waals surface area contributed by atoms with Crippen LogP contribution in [0.25, 0.3) is 0 Å². The molecule has 0 aromatic rings. The van der Waals surface area contributed by atoms with E-state index in [-0.39, 0.29) is 25.0 Å². The summed E-state index contributed by atoms with van der Waals surface area (Å²) in [6, 6.07) is 0. The molecule has 1 aliphatic carbocycles. The van der Waals surface area contributed by atoms with E-state index in [0.717, 1.165) is 6.92 Å². The van der Waals surface area contributed by atoms with E-state index < -0.39 is 21.5 Å². The van der Waals surface area contributed by atoms with Crippen LogP contribution in [-0.2, 0) is 9.63 Å². The van der Waals surface area contributed by atoms with E-state index in [9.17, 15) is 25.0 Å². The quantitative estimate of drug-likeness (QED) is 0.298. The summed E-state index contributed by atoms with van der Waals surface area (Å²) in [7, 11) is 0. The van der Waals surface area contributed by atoms with Gasteiger partial charge in [-0.15, -0.1) is 0 Å². The summed E-state index contributed by atoms with van der Waals surface area (Å²) >= 11 is 0. The van der Waals surface area contributed by atoms with Gasteiger partial charge in [0.05, 0.1) is 6.42 Å². The van der Waals surface area contributed by atoms with Gasteiger partial charge in [0, 0.05) is 13.3 Å². The van der Waals surface area contributed by atoms with E-state index in [2.05, 4.69) is 9.99 Å². The summed E-state index contributed by atoms with van der Waals surface area (Å²) in [6.45, 7) is 1.05. The molecule has 0 bridgehead atoms. The molecule has 1 rings (SSSR count). The van der Waals surface area contributed by atoms with Crippen molar-refractivity contribution in [1.29, 1.82) is 0 Å². The second-order valence-electron chi connectivity index (χ2n) is 3.31. The molecule has 0 amide bonds. The molecule has 0 aromatic carbocycles. The van der Waals surface area contributed by atoms with E-state index in [1.807, 2.05) is 0 Å². The number of nitrogens with zero attached hydrogens (tertiary/aromatic N) is 3.